The van der Waals surface area contributed by atoms with Crippen molar-refractivity contribution in [1.29, 1.82) is 0 Å². The molecule has 1 rings (SSSR count). The third kappa shape index (κ3) is 2.08. The van der Waals surface area contributed by atoms with Crippen LogP contribution in [-0.2, 0) is 11.0 Å². The maximum atomic E-state index is 5.74. The smallest absolute Gasteiger partial charge is 0.141 e. The molecule has 0 aliphatic carbocycles. The van der Waals surface area contributed by atoms with E-state index in [1.807, 2.05) is 6.20 Å². The minimum Gasteiger partial charge on any atom is -0.382 e. The molecule has 0 fully saturated rings. The first-order valence-corrected chi connectivity index (χ1v) is 4.98. The molecule has 1 aromatic rings. The maximum Gasteiger partial charge on any atom is 0.141 e. The molecule has 1 aromatic heterocycles. The Kier molecular flexibility index (Phi) is 2.38. The fraction of sp³-hybridized carbons (Fsp3) is 0.727. The van der Waals surface area contributed by atoms with Crippen LogP contribution in [0.2, 0.25) is 0 Å². The molecule has 0 radical (unpaired) electrons. The fourth-order valence-corrected chi connectivity index (χ4v) is 1.44. The van der Waals surface area contributed by atoms with Gasteiger partial charge in [0.05, 0.1) is 0 Å². The summed E-state index contributed by atoms with van der Waals surface area (Å²) in [6.45, 7) is 12.9. The van der Waals surface area contributed by atoms with Gasteiger partial charge in [-0.1, -0.05) is 20.8 Å². The van der Waals surface area contributed by atoms with E-state index in [9.17, 15) is 0 Å². The molecule has 0 bridgehead atoms. The van der Waals surface area contributed by atoms with Crippen LogP contribution in [0.4, 0.5) is 5.82 Å². The summed E-state index contributed by atoms with van der Waals surface area (Å²) in [5, 5.41) is 0. The summed E-state index contributed by atoms with van der Waals surface area (Å²) >= 11 is 0. The average Bonchev–Trinajstić information content (AvgIpc) is 2.27. The fourth-order valence-electron chi connectivity index (χ4n) is 1.44. The first-order chi connectivity index (χ1) is 6.12. The van der Waals surface area contributed by atoms with E-state index in [2.05, 4.69) is 51.1 Å². The molecule has 0 unspecified atom stereocenters. The second-order valence-electron chi connectivity index (χ2n) is 5.78. The molecule has 1 heterocycles. The van der Waals surface area contributed by atoms with E-state index in [1.54, 1.807) is 0 Å². The average molecular weight is 195 g/mol. The number of nitrogen functional groups attached to an aromatic ring is 1. The predicted octanol–water partition coefficient (Wildman–Crippen LogP) is 2.52. The molecule has 3 nitrogen and oxygen atoms in total. The van der Waals surface area contributed by atoms with E-state index in [0.29, 0.717) is 5.82 Å². The van der Waals surface area contributed by atoms with Gasteiger partial charge in [0, 0.05) is 17.2 Å². The van der Waals surface area contributed by atoms with E-state index in [4.69, 9.17) is 5.73 Å². The first kappa shape index (κ1) is 11.1. The molecule has 80 valence electrons. The van der Waals surface area contributed by atoms with Gasteiger partial charge in [-0.2, -0.15) is 0 Å². The van der Waals surface area contributed by atoms with Gasteiger partial charge < -0.3 is 10.3 Å². The van der Waals surface area contributed by atoms with Crippen LogP contribution in [0.25, 0.3) is 0 Å². The van der Waals surface area contributed by atoms with Gasteiger partial charge in [-0.3, -0.25) is 0 Å². The predicted molar refractivity (Wildman–Crippen MR) is 60.3 cm³/mol. The Morgan fingerprint density at radius 3 is 1.93 bits per heavy atom. The number of anilines is 1. The van der Waals surface area contributed by atoms with Crippen LogP contribution in [0.5, 0.6) is 0 Å². The largest absolute Gasteiger partial charge is 0.382 e. The standard InChI is InChI=1S/C11H21N3/c1-10(2,3)9-13-8(12)7-14(9)11(4,5)6/h7H,12H2,1-6H3. The summed E-state index contributed by atoms with van der Waals surface area (Å²) in [6, 6.07) is 0. The van der Waals surface area contributed by atoms with Gasteiger partial charge in [0.25, 0.3) is 0 Å². The number of nitrogens with two attached hydrogens (primary N) is 1. The van der Waals surface area contributed by atoms with E-state index in [0.717, 1.165) is 5.82 Å². The van der Waals surface area contributed by atoms with Gasteiger partial charge in [-0.25, -0.2) is 4.98 Å². The Balaban J connectivity index is 3.31. The Labute approximate surface area is 86.3 Å². The van der Waals surface area contributed by atoms with Crippen molar-refractivity contribution in [2.45, 2.75) is 52.5 Å². The molecule has 0 saturated carbocycles. The zero-order valence-corrected chi connectivity index (χ0v) is 10.0. The van der Waals surface area contributed by atoms with Gasteiger partial charge in [0.1, 0.15) is 11.6 Å². The highest BCUT2D eigenvalue weighted by atomic mass is 15.2. The molecular weight excluding hydrogens is 174 g/mol. The van der Waals surface area contributed by atoms with Crippen molar-refractivity contribution >= 4 is 5.82 Å². The summed E-state index contributed by atoms with van der Waals surface area (Å²) in [5.74, 6) is 1.65. The molecule has 0 spiro atoms. The zero-order valence-electron chi connectivity index (χ0n) is 10.0. The molecule has 3 heteroatoms. The Bertz CT molecular complexity index is 292. The van der Waals surface area contributed by atoms with E-state index < -0.39 is 0 Å². The van der Waals surface area contributed by atoms with Crippen LogP contribution in [0.1, 0.15) is 47.4 Å². The second-order valence-corrected chi connectivity index (χ2v) is 5.78. The molecule has 14 heavy (non-hydrogen) atoms. The highest BCUT2D eigenvalue weighted by Crippen LogP contribution is 2.27. The topological polar surface area (TPSA) is 43.8 Å². The maximum absolute atomic E-state index is 5.74. The lowest BCUT2D eigenvalue weighted by Crippen LogP contribution is -2.29. The molecule has 0 atom stereocenters. The molecule has 0 aromatic carbocycles. The van der Waals surface area contributed by atoms with E-state index in [-0.39, 0.29) is 11.0 Å². The molecule has 0 aliphatic rings. The number of rotatable bonds is 0. The number of imidazole rings is 1. The van der Waals surface area contributed by atoms with E-state index >= 15 is 0 Å². The van der Waals surface area contributed by atoms with Gasteiger partial charge in [0.2, 0.25) is 0 Å². The van der Waals surface area contributed by atoms with Crippen molar-refractivity contribution in [2.75, 3.05) is 5.73 Å². The van der Waals surface area contributed by atoms with Crippen molar-refractivity contribution in [3.8, 4) is 0 Å². The Morgan fingerprint density at radius 1 is 1.14 bits per heavy atom. The van der Waals surface area contributed by atoms with Crippen LogP contribution in [0.3, 0.4) is 0 Å². The summed E-state index contributed by atoms with van der Waals surface area (Å²) in [4.78, 5) is 4.39. The second kappa shape index (κ2) is 3.01. The Hall–Kier alpha value is -0.990. The lowest BCUT2D eigenvalue weighted by molar-refractivity contribution is 0.354. The quantitative estimate of drug-likeness (QED) is 0.691. The van der Waals surface area contributed by atoms with Gasteiger partial charge >= 0.3 is 0 Å². The van der Waals surface area contributed by atoms with Crippen LogP contribution in [-0.4, -0.2) is 9.55 Å². The van der Waals surface area contributed by atoms with Crippen molar-refractivity contribution in [3.05, 3.63) is 12.0 Å². The van der Waals surface area contributed by atoms with Crippen molar-refractivity contribution < 1.29 is 0 Å². The first-order valence-electron chi connectivity index (χ1n) is 4.98. The van der Waals surface area contributed by atoms with Gasteiger partial charge in [-0.15, -0.1) is 0 Å². The summed E-state index contributed by atoms with van der Waals surface area (Å²) < 4.78 is 2.16. The van der Waals surface area contributed by atoms with Crippen molar-refractivity contribution in [3.63, 3.8) is 0 Å². The van der Waals surface area contributed by atoms with Crippen LogP contribution < -0.4 is 5.73 Å². The molecule has 0 aliphatic heterocycles. The van der Waals surface area contributed by atoms with E-state index in [1.165, 1.54) is 0 Å². The number of hydrogen-bond donors (Lipinski definition) is 1. The lowest BCUT2D eigenvalue weighted by atomic mass is 9.94. The minimum absolute atomic E-state index is 0.0326. The normalized spacial score (nSPS) is 13.3. The third-order valence-electron chi connectivity index (χ3n) is 2.12. The SMILES string of the molecule is CC(C)(C)c1nc(N)cn1C(C)(C)C. The molecule has 0 saturated heterocycles. The number of hydrogen-bond acceptors (Lipinski definition) is 2. The van der Waals surface area contributed by atoms with Crippen LogP contribution >= 0.6 is 0 Å². The van der Waals surface area contributed by atoms with Crippen LogP contribution in [0.15, 0.2) is 6.20 Å². The van der Waals surface area contributed by atoms with Crippen molar-refractivity contribution in [2.24, 2.45) is 0 Å². The van der Waals surface area contributed by atoms with Crippen molar-refractivity contribution in [1.82, 2.24) is 9.55 Å². The Morgan fingerprint density at radius 2 is 1.64 bits per heavy atom. The summed E-state index contributed by atoms with van der Waals surface area (Å²) in [7, 11) is 0. The summed E-state index contributed by atoms with van der Waals surface area (Å²) in [6.07, 6.45) is 1.92. The zero-order chi connectivity index (χ0) is 11.1. The minimum atomic E-state index is 0.0326. The number of aromatic nitrogens is 2. The summed E-state index contributed by atoms with van der Waals surface area (Å²) in [5.41, 5.74) is 5.81. The third-order valence-corrected chi connectivity index (χ3v) is 2.12. The molecular formula is C11H21N3. The number of nitrogens with zero attached hydrogens (tertiary/aromatic N) is 2. The highest BCUT2D eigenvalue weighted by molar-refractivity contribution is 5.29. The lowest BCUT2D eigenvalue weighted by Gasteiger charge is -2.28. The van der Waals surface area contributed by atoms with Gasteiger partial charge in [-0.05, 0) is 20.8 Å². The molecule has 0 amide bonds. The highest BCUT2D eigenvalue weighted by Gasteiger charge is 2.26. The molecule has 2 N–H and O–H groups in total. The van der Waals surface area contributed by atoms with Gasteiger partial charge in [0.15, 0.2) is 0 Å². The monoisotopic (exact) mass is 195 g/mol. The van der Waals surface area contributed by atoms with Crippen LogP contribution in [0, 0.1) is 0 Å².